The van der Waals surface area contributed by atoms with Gasteiger partial charge in [-0.1, -0.05) is 4.49 Å². The lowest BCUT2D eigenvalue weighted by molar-refractivity contribution is 0.636. The summed E-state index contributed by atoms with van der Waals surface area (Å²) in [4.78, 5) is 7.43. The van der Waals surface area contributed by atoms with Crippen LogP contribution in [0.25, 0.3) is 11.5 Å². The Hall–Kier alpha value is -1.27. The topological polar surface area (TPSA) is 66.5 Å². The van der Waals surface area contributed by atoms with E-state index in [0.29, 0.717) is 0 Å². The molecule has 0 saturated heterocycles. The highest BCUT2D eigenvalue weighted by molar-refractivity contribution is 7.03. The zero-order valence-electron chi connectivity index (χ0n) is 7.98. The van der Waals surface area contributed by atoms with Crippen molar-refractivity contribution in [2.24, 2.45) is 0 Å². The van der Waals surface area contributed by atoms with Gasteiger partial charge in [0.15, 0.2) is 5.82 Å². The lowest BCUT2D eigenvalue weighted by atomic mass is 10.3. The number of hydrogen-bond donors (Lipinski definition) is 2. The maximum atomic E-state index is 4.24. The number of nitrogens with one attached hydrogen (secondary N) is 2. The minimum absolute atomic E-state index is 0.267. The number of nitrogens with zero attached hydrogens (tertiary/aromatic N) is 3. The summed E-state index contributed by atoms with van der Waals surface area (Å²) in [5.74, 6) is 0.774. The van der Waals surface area contributed by atoms with Crippen LogP contribution in [0.15, 0.2) is 11.6 Å². The Balaban J connectivity index is 2.26. The number of imidazole rings is 1. The van der Waals surface area contributed by atoms with Crippen molar-refractivity contribution in [3.05, 3.63) is 17.3 Å². The third-order valence-corrected chi connectivity index (χ3v) is 2.60. The van der Waals surface area contributed by atoms with Gasteiger partial charge >= 0.3 is 0 Å². The van der Waals surface area contributed by atoms with E-state index in [1.165, 1.54) is 11.5 Å². The molecule has 0 aliphatic carbocycles. The molecule has 0 bridgehead atoms. The Morgan fingerprint density at radius 2 is 2.43 bits per heavy atom. The molecule has 0 amide bonds. The summed E-state index contributed by atoms with van der Waals surface area (Å²) in [6.07, 6.45) is 1.82. The van der Waals surface area contributed by atoms with E-state index < -0.39 is 0 Å². The maximum Gasteiger partial charge on any atom is 0.159 e. The van der Waals surface area contributed by atoms with E-state index in [9.17, 15) is 0 Å². The SMILES string of the molecule is CNC(C)c1cnc(-c2csnn2)[nH]1. The van der Waals surface area contributed by atoms with Crippen LogP contribution in [0.3, 0.4) is 0 Å². The second-order valence-corrected chi connectivity index (χ2v) is 3.60. The van der Waals surface area contributed by atoms with Crippen molar-refractivity contribution in [3.63, 3.8) is 0 Å². The fourth-order valence-corrected chi connectivity index (χ4v) is 1.55. The Labute approximate surface area is 85.8 Å². The highest BCUT2D eigenvalue weighted by atomic mass is 32.1. The number of rotatable bonds is 3. The Bertz CT molecular complexity index is 394. The van der Waals surface area contributed by atoms with E-state index in [-0.39, 0.29) is 6.04 Å². The van der Waals surface area contributed by atoms with Crippen LogP contribution in [0.2, 0.25) is 0 Å². The van der Waals surface area contributed by atoms with Crippen molar-refractivity contribution in [1.29, 1.82) is 0 Å². The zero-order chi connectivity index (χ0) is 9.97. The Kier molecular flexibility index (Phi) is 2.55. The molecule has 2 N–H and O–H groups in total. The molecule has 0 radical (unpaired) electrons. The normalized spacial score (nSPS) is 13.0. The third kappa shape index (κ3) is 1.66. The first-order valence-electron chi connectivity index (χ1n) is 4.31. The van der Waals surface area contributed by atoms with Gasteiger partial charge in [-0.3, -0.25) is 0 Å². The van der Waals surface area contributed by atoms with Crippen LogP contribution in [0.1, 0.15) is 18.7 Å². The van der Waals surface area contributed by atoms with Gasteiger partial charge in [-0.05, 0) is 25.5 Å². The van der Waals surface area contributed by atoms with Crippen LogP contribution in [0, 0.1) is 0 Å². The highest BCUT2D eigenvalue weighted by Gasteiger charge is 2.09. The second-order valence-electron chi connectivity index (χ2n) is 2.99. The van der Waals surface area contributed by atoms with Crippen molar-refractivity contribution in [3.8, 4) is 11.5 Å². The molecule has 14 heavy (non-hydrogen) atoms. The summed E-state index contributed by atoms with van der Waals surface area (Å²) in [6.45, 7) is 2.07. The molecule has 2 aromatic heterocycles. The van der Waals surface area contributed by atoms with Gasteiger partial charge in [0.1, 0.15) is 5.69 Å². The molecular weight excluding hydrogens is 198 g/mol. The average Bonchev–Trinajstić information content (AvgIpc) is 2.86. The minimum atomic E-state index is 0.267. The van der Waals surface area contributed by atoms with Crippen LogP contribution in [0.5, 0.6) is 0 Å². The molecule has 5 nitrogen and oxygen atoms in total. The fourth-order valence-electron chi connectivity index (χ4n) is 1.11. The van der Waals surface area contributed by atoms with Crippen LogP contribution in [0.4, 0.5) is 0 Å². The number of H-pyrrole nitrogens is 1. The summed E-state index contributed by atoms with van der Waals surface area (Å²) in [7, 11) is 1.91. The maximum absolute atomic E-state index is 4.24. The van der Waals surface area contributed by atoms with E-state index in [0.717, 1.165) is 17.2 Å². The molecule has 1 unspecified atom stereocenters. The molecule has 0 fully saturated rings. The van der Waals surface area contributed by atoms with Crippen LogP contribution in [-0.4, -0.2) is 26.6 Å². The molecule has 74 valence electrons. The first-order chi connectivity index (χ1) is 6.81. The van der Waals surface area contributed by atoms with Crippen molar-refractivity contribution >= 4 is 11.5 Å². The molecule has 2 aromatic rings. The van der Waals surface area contributed by atoms with Crippen molar-refractivity contribution in [2.45, 2.75) is 13.0 Å². The van der Waals surface area contributed by atoms with Gasteiger partial charge in [0.05, 0.1) is 11.9 Å². The highest BCUT2D eigenvalue weighted by Crippen LogP contribution is 2.16. The monoisotopic (exact) mass is 209 g/mol. The summed E-state index contributed by atoms with van der Waals surface area (Å²) in [6, 6.07) is 0.267. The Morgan fingerprint density at radius 3 is 3.07 bits per heavy atom. The van der Waals surface area contributed by atoms with E-state index >= 15 is 0 Å². The molecule has 2 rings (SSSR count). The minimum Gasteiger partial charge on any atom is -0.339 e. The lowest BCUT2D eigenvalue weighted by Crippen LogP contribution is -2.12. The van der Waals surface area contributed by atoms with Gasteiger partial charge in [-0.25, -0.2) is 4.98 Å². The van der Waals surface area contributed by atoms with Crippen LogP contribution >= 0.6 is 11.5 Å². The number of aromatic nitrogens is 4. The first-order valence-corrected chi connectivity index (χ1v) is 5.14. The standard InChI is InChI=1S/C8H11N5S/c1-5(9-2)6-3-10-8(11-6)7-4-14-13-12-7/h3-5,9H,1-2H3,(H,10,11). The molecule has 1 atom stereocenters. The molecule has 6 heteroatoms. The van der Waals surface area contributed by atoms with E-state index in [4.69, 9.17) is 0 Å². The molecule has 0 spiro atoms. The third-order valence-electron chi connectivity index (χ3n) is 2.10. The molecule has 0 saturated carbocycles. The van der Waals surface area contributed by atoms with E-state index in [1.807, 2.05) is 18.6 Å². The largest absolute Gasteiger partial charge is 0.339 e. The van der Waals surface area contributed by atoms with Gasteiger partial charge in [0, 0.05) is 11.4 Å². The van der Waals surface area contributed by atoms with Crippen molar-refractivity contribution in [2.75, 3.05) is 7.05 Å². The van der Waals surface area contributed by atoms with Gasteiger partial charge in [-0.15, -0.1) is 5.10 Å². The summed E-state index contributed by atoms with van der Waals surface area (Å²) in [5, 5.41) is 8.94. The van der Waals surface area contributed by atoms with Crippen LogP contribution in [-0.2, 0) is 0 Å². The fraction of sp³-hybridized carbons (Fsp3) is 0.375. The van der Waals surface area contributed by atoms with Crippen molar-refractivity contribution < 1.29 is 0 Å². The molecular formula is C8H11N5S. The first kappa shape index (κ1) is 9.29. The van der Waals surface area contributed by atoms with E-state index in [2.05, 4.69) is 31.8 Å². The van der Waals surface area contributed by atoms with Gasteiger partial charge in [-0.2, -0.15) is 0 Å². The van der Waals surface area contributed by atoms with Gasteiger partial charge in [0.25, 0.3) is 0 Å². The van der Waals surface area contributed by atoms with E-state index in [1.54, 1.807) is 0 Å². The molecule has 0 aliphatic rings. The predicted molar refractivity (Wildman–Crippen MR) is 55.0 cm³/mol. The molecule has 2 heterocycles. The zero-order valence-corrected chi connectivity index (χ0v) is 8.80. The Morgan fingerprint density at radius 1 is 1.57 bits per heavy atom. The smallest absolute Gasteiger partial charge is 0.159 e. The number of aromatic amines is 1. The molecule has 0 aromatic carbocycles. The van der Waals surface area contributed by atoms with Crippen molar-refractivity contribution in [1.82, 2.24) is 24.9 Å². The average molecular weight is 209 g/mol. The summed E-state index contributed by atoms with van der Waals surface area (Å²) >= 11 is 1.32. The van der Waals surface area contributed by atoms with Gasteiger partial charge < -0.3 is 10.3 Å². The van der Waals surface area contributed by atoms with Crippen LogP contribution < -0.4 is 5.32 Å². The summed E-state index contributed by atoms with van der Waals surface area (Å²) in [5.41, 5.74) is 1.85. The lowest BCUT2D eigenvalue weighted by Gasteiger charge is -2.05. The molecule has 0 aliphatic heterocycles. The van der Waals surface area contributed by atoms with Gasteiger partial charge in [0.2, 0.25) is 0 Å². The number of hydrogen-bond acceptors (Lipinski definition) is 5. The quantitative estimate of drug-likeness (QED) is 0.797. The predicted octanol–water partition coefficient (Wildman–Crippen LogP) is 1.21. The summed E-state index contributed by atoms with van der Waals surface area (Å²) < 4.78 is 3.79. The second kappa shape index (κ2) is 3.85.